The molecule has 1 fully saturated rings. The normalized spacial score (nSPS) is 14.8. The first-order chi connectivity index (χ1) is 19.8. The predicted octanol–water partition coefficient (Wildman–Crippen LogP) is 5.45. The molecule has 0 saturated carbocycles. The minimum absolute atomic E-state index is 0.270. The van der Waals surface area contributed by atoms with E-state index in [4.69, 9.17) is 4.74 Å². The first-order valence-electron chi connectivity index (χ1n) is 13.9. The van der Waals surface area contributed by atoms with Crippen molar-refractivity contribution in [3.8, 4) is 0 Å². The lowest BCUT2D eigenvalue weighted by Gasteiger charge is -2.34. The maximum Gasteiger partial charge on any atom is 0.258 e. The van der Waals surface area contributed by atoms with E-state index in [1.807, 2.05) is 43.3 Å². The second-order valence-electron chi connectivity index (χ2n) is 10.5. The highest BCUT2D eigenvalue weighted by Crippen LogP contribution is 2.31. The van der Waals surface area contributed by atoms with Crippen molar-refractivity contribution < 1.29 is 18.3 Å². The standard InChI is InChI=1S/C31H36F2N6O2/c1-20(22-15-23(32)18-24(33)16-22)21-5-8-28-27(17-21)30(37-36-28)35-31(40)26-7-6-25(39-12-10-38(2)11-13-39)19-29(26)34-9-4-14-41-3/h5-8,15-20,34H,4,9-14H2,1-3H3,(H2,35,36,37,40). The number of amides is 1. The summed E-state index contributed by atoms with van der Waals surface area (Å²) in [5, 5.41) is 14.4. The number of ether oxygens (including phenoxy) is 1. The number of fused-ring (bicyclic) bond motifs is 1. The van der Waals surface area contributed by atoms with Crippen molar-refractivity contribution in [3.05, 3.63) is 82.9 Å². The number of nitrogens with one attached hydrogen (secondary N) is 3. The number of carbonyl (C=O) groups is 1. The summed E-state index contributed by atoms with van der Waals surface area (Å²) >= 11 is 0. The lowest BCUT2D eigenvalue weighted by atomic mass is 9.92. The van der Waals surface area contributed by atoms with E-state index >= 15 is 0 Å². The third-order valence-corrected chi connectivity index (χ3v) is 7.66. The Morgan fingerprint density at radius 2 is 1.78 bits per heavy atom. The van der Waals surface area contributed by atoms with Crippen molar-refractivity contribution >= 4 is 34.0 Å². The molecule has 1 aromatic heterocycles. The smallest absolute Gasteiger partial charge is 0.258 e. The van der Waals surface area contributed by atoms with Crippen LogP contribution in [0.15, 0.2) is 54.6 Å². The molecule has 3 N–H and O–H groups in total. The molecule has 1 aliphatic heterocycles. The van der Waals surface area contributed by atoms with E-state index in [-0.39, 0.29) is 11.8 Å². The van der Waals surface area contributed by atoms with E-state index < -0.39 is 11.6 Å². The fourth-order valence-electron chi connectivity index (χ4n) is 5.17. The number of piperazine rings is 1. The molecule has 0 bridgehead atoms. The quantitative estimate of drug-likeness (QED) is 0.223. The Kier molecular flexibility index (Phi) is 8.80. The fraction of sp³-hybridized carbons (Fsp3) is 0.355. The Balaban J connectivity index is 1.39. The molecular formula is C31H36F2N6O2. The number of H-pyrrole nitrogens is 1. The summed E-state index contributed by atoms with van der Waals surface area (Å²) < 4.78 is 32.9. The zero-order valence-corrected chi connectivity index (χ0v) is 23.6. The molecule has 0 aliphatic carbocycles. The molecule has 5 rings (SSSR count). The molecule has 1 atom stereocenters. The van der Waals surface area contributed by atoms with Gasteiger partial charge in [-0.2, -0.15) is 5.10 Å². The number of nitrogens with zero attached hydrogens (tertiary/aromatic N) is 3. The summed E-state index contributed by atoms with van der Waals surface area (Å²) in [7, 11) is 3.79. The van der Waals surface area contributed by atoms with Crippen molar-refractivity contribution in [2.45, 2.75) is 19.3 Å². The molecular weight excluding hydrogens is 526 g/mol. The van der Waals surface area contributed by atoms with E-state index in [0.29, 0.717) is 35.5 Å². The highest BCUT2D eigenvalue weighted by Gasteiger charge is 2.20. The lowest BCUT2D eigenvalue weighted by molar-refractivity contribution is 0.102. The highest BCUT2D eigenvalue weighted by atomic mass is 19.1. The van der Waals surface area contributed by atoms with Crippen LogP contribution in [0.3, 0.4) is 0 Å². The molecule has 0 spiro atoms. The average molecular weight is 563 g/mol. The van der Waals surface area contributed by atoms with Crippen LogP contribution in [0.1, 0.15) is 40.7 Å². The van der Waals surface area contributed by atoms with E-state index in [2.05, 4.69) is 37.7 Å². The maximum atomic E-state index is 13.9. The van der Waals surface area contributed by atoms with Gasteiger partial charge in [-0.1, -0.05) is 13.0 Å². The maximum absolute atomic E-state index is 13.9. The van der Waals surface area contributed by atoms with Gasteiger partial charge in [0.15, 0.2) is 5.82 Å². The van der Waals surface area contributed by atoms with Gasteiger partial charge in [-0.15, -0.1) is 0 Å². The average Bonchev–Trinajstić information content (AvgIpc) is 3.36. The molecule has 10 heteroatoms. The SMILES string of the molecule is COCCCNc1cc(N2CCN(C)CC2)ccc1C(=O)Nc1n[nH]c2ccc(C(C)c3cc(F)cc(F)c3)cc12. The number of aromatic nitrogens is 2. The van der Waals surface area contributed by atoms with Crippen LogP contribution in [0.25, 0.3) is 10.9 Å². The summed E-state index contributed by atoms with van der Waals surface area (Å²) in [5.74, 6) is -1.40. The van der Waals surface area contributed by atoms with Crippen molar-refractivity contribution in [3.63, 3.8) is 0 Å². The lowest BCUT2D eigenvalue weighted by Crippen LogP contribution is -2.44. The summed E-state index contributed by atoms with van der Waals surface area (Å²) in [6, 6.07) is 15.0. The minimum Gasteiger partial charge on any atom is -0.385 e. The monoisotopic (exact) mass is 562 g/mol. The summed E-state index contributed by atoms with van der Waals surface area (Å²) in [6.07, 6.45) is 0.802. The Morgan fingerprint density at radius 1 is 1.02 bits per heavy atom. The molecule has 0 radical (unpaired) electrons. The molecule has 1 unspecified atom stereocenters. The van der Waals surface area contributed by atoms with Gasteiger partial charge < -0.3 is 25.2 Å². The summed E-state index contributed by atoms with van der Waals surface area (Å²) in [4.78, 5) is 18.2. The first kappa shape index (κ1) is 28.5. The van der Waals surface area contributed by atoms with Crippen molar-refractivity contribution in [2.24, 2.45) is 0 Å². The minimum atomic E-state index is -0.616. The van der Waals surface area contributed by atoms with Crippen molar-refractivity contribution in [1.29, 1.82) is 0 Å². The van der Waals surface area contributed by atoms with Gasteiger partial charge in [-0.3, -0.25) is 9.89 Å². The molecule has 1 saturated heterocycles. The number of aromatic amines is 1. The van der Waals surface area contributed by atoms with Gasteiger partial charge in [0.2, 0.25) is 0 Å². The summed E-state index contributed by atoms with van der Waals surface area (Å²) in [5.41, 5.74) is 4.44. The second kappa shape index (κ2) is 12.7. The van der Waals surface area contributed by atoms with Gasteiger partial charge in [0.05, 0.1) is 11.1 Å². The Labute approximate surface area is 238 Å². The van der Waals surface area contributed by atoms with E-state index in [0.717, 1.165) is 61.1 Å². The molecule has 216 valence electrons. The Hall–Kier alpha value is -4.02. The number of hydrogen-bond donors (Lipinski definition) is 3. The number of hydrogen-bond acceptors (Lipinski definition) is 6. The van der Waals surface area contributed by atoms with Crippen LogP contribution in [-0.4, -0.2) is 74.5 Å². The first-order valence-corrected chi connectivity index (χ1v) is 13.9. The topological polar surface area (TPSA) is 85.5 Å². The van der Waals surface area contributed by atoms with Crippen molar-refractivity contribution in [2.75, 3.05) is 69.0 Å². The van der Waals surface area contributed by atoms with Gasteiger partial charge in [0, 0.05) is 75.2 Å². The molecule has 1 amide bonds. The zero-order valence-electron chi connectivity index (χ0n) is 23.6. The second-order valence-corrected chi connectivity index (χ2v) is 10.5. The number of methoxy groups -OCH3 is 1. The van der Waals surface area contributed by atoms with Crippen molar-refractivity contribution in [1.82, 2.24) is 15.1 Å². The summed E-state index contributed by atoms with van der Waals surface area (Å²) in [6.45, 7) is 6.99. The number of carbonyl (C=O) groups excluding carboxylic acids is 1. The molecule has 41 heavy (non-hydrogen) atoms. The third-order valence-electron chi connectivity index (χ3n) is 7.66. The number of benzene rings is 3. The van der Waals surface area contributed by atoms with E-state index in [1.165, 1.54) is 12.1 Å². The van der Waals surface area contributed by atoms with Crippen LogP contribution in [-0.2, 0) is 4.74 Å². The highest BCUT2D eigenvalue weighted by molar-refractivity contribution is 6.11. The van der Waals surface area contributed by atoms with E-state index in [9.17, 15) is 13.6 Å². The number of halogens is 2. The molecule has 8 nitrogen and oxygen atoms in total. The van der Waals surface area contributed by atoms with Crippen LogP contribution in [0.5, 0.6) is 0 Å². The zero-order chi connectivity index (χ0) is 28.9. The third kappa shape index (κ3) is 6.66. The van der Waals surface area contributed by atoms with Gasteiger partial charge in [0.25, 0.3) is 5.91 Å². The number of rotatable bonds is 10. The molecule has 2 heterocycles. The van der Waals surface area contributed by atoms with Gasteiger partial charge in [-0.05, 0) is 67.1 Å². The van der Waals surface area contributed by atoms with Gasteiger partial charge in [0.1, 0.15) is 11.6 Å². The number of likely N-dealkylation sites (N-methyl/N-ethyl adjacent to an activating group) is 1. The molecule has 1 aliphatic rings. The fourth-order valence-corrected chi connectivity index (χ4v) is 5.17. The van der Waals surface area contributed by atoms with Gasteiger partial charge in [-0.25, -0.2) is 8.78 Å². The van der Waals surface area contributed by atoms with Gasteiger partial charge >= 0.3 is 0 Å². The van der Waals surface area contributed by atoms with Crippen LogP contribution in [0, 0.1) is 11.6 Å². The number of anilines is 3. The molecule has 4 aromatic rings. The molecule has 3 aromatic carbocycles. The van der Waals surface area contributed by atoms with Crippen LogP contribution < -0.4 is 15.5 Å². The Bertz CT molecular complexity index is 1500. The van der Waals surface area contributed by atoms with Crippen LogP contribution >= 0.6 is 0 Å². The Morgan fingerprint density at radius 3 is 2.51 bits per heavy atom. The van der Waals surface area contributed by atoms with E-state index in [1.54, 1.807) is 7.11 Å². The predicted molar refractivity (Wildman–Crippen MR) is 159 cm³/mol. The van der Waals surface area contributed by atoms with Crippen LogP contribution in [0.4, 0.5) is 26.0 Å². The van der Waals surface area contributed by atoms with Crippen LogP contribution in [0.2, 0.25) is 0 Å². The largest absolute Gasteiger partial charge is 0.385 e.